The van der Waals surface area contributed by atoms with E-state index in [9.17, 15) is 4.79 Å². The molecule has 0 amide bonds. The van der Waals surface area contributed by atoms with Gasteiger partial charge in [0.1, 0.15) is 5.75 Å². The third-order valence-corrected chi connectivity index (χ3v) is 3.16. The number of methoxy groups -OCH3 is 2. The minimum atomic E-state index is -0.165. The molecule has 4 nitrogen and oxygen atoms in total. The Morgan fingerprint density at radius 1 is 1.32 bits per heavy atom. The highest BCUT2D eigenvalue weighted by Gasteiger charge is 2.12. The number of hydrogen-bond donors (Lipinski definition) is 1. The molecule has 0 aliphatic carbocycles. The second-order valence-corrected chi connectivity index (χ2v) is 4.67. The number of ether oxygens (including phenoxy) is 2. The van der Waals surface area contributed by atoms with E-state index in [0.29, 0.717) is 6.42 Å². The zero-order chi connectivity index (χ0) is 14.3. The maximum absolute atomic E-state index is 11.0. The molecular formula is C15H23NO3. The van der Waals surface area contributed by atoms with Crippen LogP contribution in [0, 0.1) is 6.92 Å². The number of aryl methyl sites for hydroxylation is 1. The number of esters is 1. The van der Waals surface area contributed by atoms with Crippen molar-refractivity contribution in [2.45, 2.75) is 38.6 Å². The summed E-state index contributed by atoms with van der Waals surface area (Å²) in [7, 11) is 3.06. The highest BCUT2D eigenvalue weighted by Crippen LogP contribution is 2.27. The van der Waals surface area contributed by atoms with E-state index in [-0.39, 0.29) is 12.0 Å². The van der Waals surface area contributed by atoms with Crippen molar-refractivity contribution in [1.29, 1.82) is 0 Å². The van der Waals surface area contributed by atoms with Crippen LogP contribution >= 0.6 is 0 Å². The molecule has 0 bridgehead atoms. The van der Waals surface area contributed by atoms with E-state index in [1.165, 1.54) is 12.7 Å². The molecule has 2 N–H and O–H groups in total. The van der Waals surface area contributed by atoms with Gasteiger partial charge < -0.3 is 15.2 Å². The van der Waals surface area contributed by atoms with E-state index in [1.54, 1.807) is 7.11 Å². The van der Waals surface area contributed by atoms with Crippen molar-refractivity contribution in [3.63, 3.8) is 0 Å². The Bertz CT molecular complexity index is 418. The van der Waals surface area contributed by atoms with Gasteiger partial charge in [-0.15, -0.1) is 0 Å². The Morgan fingerprint density at radius 2 is 2.05 bits per heavy atom. The van der Waals surface area contributed by atoms with Crippen LogP contribution in [0.5, 0.6) is 5.75 Å². The number of hydrogen-bond acceptors (Lipinski definition) is 4. The van der Waals surface area contributed by atoms with Crippen LogP contribution in [0.2, 0.25) is 0 Å². The monoisotopic (exact) mass is 265 g/mol. The second-order valence-electron chi connectivity index (χ2n) is 4.67. The van der Waals surface area contributed by atoms with Crippen molar-refractivity contribution < 1.29 is 14.3 Å². The summed E-state index contributed by atoms with van der Waals surface area (Å²) in [4.78, 5) is 11.0. The molecule has 0 aliphatic rings. The summed E-state index contributed by atoms with van der Waals surface area (Å²) in [6.07, 6.45) is 2.98. The number of carbonyl (C=O) groups is 1. The Labute approximate surface area is 114 Å². The topological polar surface area (TPSA) is 61.5 Å². The third-order valence-electron chi connectivity index (χ3n) is 3.16. The number of carbonyl (C=O) groups excluding carboxylic acids is 1. The van der Waals surface area contributed by atoms with Crippen molar-refractivity contribution in [1.82, 2.24) is 0 Å². The Hall–Kier alpha value is -1.55. The first-order valence-electron chi connectivity index (χ1n) is 6.55. The number of nitrogens with two attached hydrogens (primary N) is 1. The average Bonchev–Trinajstić information content (AvgIpc) is 2.42. The van der Waals surface area contributed by atoms with Gasteiger partial charge in [-0.2, -0.15) is 0 Å². The van der Waals surface area contributed by atoms with Crippen molar-refractivity contribution in [2.75, 3.05) is 14.2 Å². The SMILES string of the molecule is COC(=O)CCCCC(N)c1cc(C)ccc1OC. The molecular weight excluding hydrogens is 242 g/mol. The number of benzene rings is 1. The molecule has 1 atom stereocenters. The summed E-state index contributed by atoms with van der Waals surface area (Å²) in [6, 6.07) is 5.95. The first-order chi connectivity index (χ1) is 9.08. The Balaban J connectivity index is 2.51. The van der Waals surface area contributed by atoms with Crippen LogP contribution in [0.1, 0.15) is 42.9 Å². The van der Waals surface area contributed by atoms with Gasteiger partial charge >= 0.3 is 5.97 Å². The van der Waals surface area contributed by atoms with Crippen LogP contribution in [-0.2, 0) is 9.53 Å². The average molecular weight is 265 g/mol. The first-order valence-corrected chi connectivity index (χ1v) is 6.55. The van der Waals surface area contributed by atoms with Gasteiger partial charge in [-0.3, -0.25) is 4.79 Å². The molecule has 0 spiro atoms. The fraction of sp³-hybridized carbons (Fsp3) is 0.533. The molecule has 0 aromatic heterocycles. The summed E-state index contributed by atoms with van der Waals surface area (Å²) in [5.41, 5.74) is 8.39. The molecule has 106 valence electrons. The minimum absolute atomic E-state index is 0.0625. The van der Waals surface area contributed by atoms with E-state index in [1.807, 2.05) is 19.1 Å². The minimum Gasteiger partial charge on any atom is -0.496 e. The lowest BCUT2D eigenvalue weighted by atomic mass is 9.98. The molecule has 1 rings (SSSR count). The third kappa shape index (κ3) is 4.91. The zero-order valence-corrected chi connectivity index (χ0v) is 11.9. The lowest BCUT2D eigenvalue weighted by Crippen LogP contribution is -2.12. The van der Waals surface area contributed by atoms with Crippen molar-refractivity contribution in [3.8, 4) is 5.75 Å². The fourth-order valence-electron chi connectivity index (χ4n) is 2.03. The Kier molecular flexibility index (Phi) is 6.36. The van der Waals surface area contributed by atoms with Crippen molar-refractivity contribution in [2.24, 2.45) is 5.73 Å². The molecule has 1 aromatic rings. The molecule has 0 saturated heterocycles. The quantitative estimate of drug-likeness (QED) is 0.608. The summed E-state index contributed by atoms with van der Waals surface area (Å²) in [5, 5.41) is 0. The van der Waals surface area contributed by atoms with Crippen LogP contribution in [0.15, 0.2) is 18.2 Å². The highest BCUT2D eigenvalue weighted by molar-refractivity contribution is 5.68. The molecule has 19 heavy (non-hydrogen) atoms. The molecule has 1 unspecified atom stereocenters. The van der Waals surface area contributed by atoms with Gasteiger partial charge in [0, 0.05) is 18.0 Å². The first kappa shape index (κ1) is 15.5. The van der Waals surface area contributed by atoms with Gasteiger partial charge in [0.2, 0.25) is 0 Å². The van der Waals surface area contributed by atoms with Gasteiger partial charge in [-0.1, -0.05) is 24.1 Å². The maximum atomic E-state index is 11.0. The van der Waals surface area contributed by atoms with Gasteiger partial charge in [0.05, 0.1) is 14.2 Å². The summed E-state index contributed by atoms with van der Waals surface area (Å²) in [6.45, 7) is 2.03. The van der Waals surface area contributed by atoms with Crippen LogP contribution < -0.4 is 10.5 Å². The normalized spacial score (nSPS) is 12.0. The summed E-state index contributed by atoms with van der Waals surface area (Å²) in [5.74, 6) is 0.660. The molecule has 1 aromatic carbocycles. The molecule has 0 saturated carbocycles. The Morgan fingerprint density at radius 3 is 2.68 bits per heavy atom. The number of rotatable bonds is 7. The summed E-state index contributed by atoms with van der Waals surface area (Å²) >= 11 is 0. The molecule has 0 radical (unpaired) electrons. The van der Waals surface area contributed by atoms with Crippen LogP contribution in [0.3, 0.4) is 0 Å². The number of unbranched alkanes of at least 4 members (excludes halogenated alkanes) is 1. The van der Waals surface area contributed by atoms with Crippen LogP contribution in [0.25, 0.3) is 0 Å². The molecule has 0 heterocycles. The lowest BCUT2D eigenvalue weighted by Gasteiger charge is -2.16. The van der Waals surface area contributed by atoms with E-state index >= 15 is 0 Å². The predicted octanol–water partition coefficient (Wildman–Crippen LogP) is 2.74. The van der Waals surface area contributed by atoms with Gasteiger partial charge in [0.25, 0.3) is 0 Å². The highest BCUT2D eigenvalue weighted by atomic mass is 16.5. The van der Waals surface area contributed by atoms with Gasteiger partial charge in [0.15, 0.2) is 0 Å². The van der Waals surface area contributed by atoms with Crippen LogP contribution in [-0.4, -0.2) is 20.2 Å². The van der Waals surface area contributed by atoms with Gasteiger partial charge in [-0.25, -0.2) is 0 Å². The lowest BCUT2D eigenvalue weighted by molar-refractivity contribution is -0.140. The zero-order valence-electron chi connectivity index (χ0n) is 11.9. The fourth-order valence-corrected chi connectivity index (χ4v) is 2.03. The molecule has 0 aliphatic heterocycles. The second kappa shape index (κ2) is 7.79. The van der Waals surface area contributed by atoms with Crippen LogP contribution in [0.4, 0.5) is 0 Å². The van der Waals surface area contributed by atoms with Crippen molar-refractivity contribution >= 4 is 5.97 Å². The largest absolute Gasteiger partial charge is 0.496 e. The van der Waals surface area contributed by atoms with Crippen molar-refractivity contribution in [3.05, 3.63) is 29.3 Å². The molecule has 0 fully saturated rings. The maximum Gasteiger partial charge on any atom is 0.305 e. The predicted molar refractivity (Wildman–Crippen MR) is 75.1 cm³/mol. The standard InChI is InChI=1S/C15H23NO3/c1-11-8-9-14(18-2)12(10-11)13(16)6-4-5-7-15(17)19-3/h8-10,13H,4-7,16H2,1-3H3. The van der Waals surface area contributed by atoms with E-state index in [2.05, 4.69) is 10.8 Å². The van der Waals surface area contributed by atoms with E-state index < -0.39 is 0 Å². The van der Waals surface area contributed by atoms with Gasteiger partial charge in [-0.05, 0) is 25.8 Å². The smallest absolute Gasteiger partial charge is 0.305 e. The van der Waals surface area contributed by atoms with E-state index in [4.69, 9.17) is 10.5 Å². The van der Waals surface area contributed by atoms with E-state index in [0.717, 1.165) is 30.6 Å². The summed E-state index contributed by atoms with van der Waals surface area (Å²) < 4.78 is 9.93. The molecule has 4 heteroatoms.